The van der Waals surface area contributed by atoms with Gasteiger partial charge in [0, 0.05) is 17.2 Å². The molecule has 2 aromatic carbocycles. The summed E-state index contributed by atoms with van der Waals surface area (Å²) in [6.07, 6.45) is 0.877. The van der Waals surface area contributed by atoms with Crippen molar-refractivity contribution in [2.45, 2.75) is 50.6 Å². The zero-order chi connectivity index (χ0) is 22.7. The topological polar surface area (TPSA) is 96.2 Å². The van der Waals surface area contributed by atoms with Gasteiger partial charge in [0.1, 0.15) is 17.9 Å². The number of nitrogens with zero attached hydrogens (tertiary/aromatic N) is 3. The highest BCUT2D eigenvalue weighted by molar-refractivity contribution is 7.98. The van der Waals surface area contributed by atoms with Gasteiger partial charge in [-0.05, 0) is 47.2 Å². The van der Waals surface area contributed by atoms with Crippen LogP contribution in [0.2, 0.25) is 0 Å². The Morgan fingerprint density at radius 2 is 1.91 bits per heavy atom. The quantitative estimate of drug-likeness (QED) is 0.237. The Labute approximate surface area is 190 Å². The molecule has 0 amide bonds. The number of nitrogen functional groups attached to an aromatic ring is 1. The minimum absolute atomic E-state index is 0.211. The number of aromatic nitrogens is 3. The molecule has 0 aliphatic heterocycles. The van der Waals surface area contributed by atoms with Crippen LogP contribution in [0.15, 0.2) is 62.9 Å². The largest absolute Gasteiger partial charge is 0.486 e. The van der Waals surface area contributed by atoms with Crippen molar-refractivity contribution in [3.8, 4) is 5.75 Å². The van der Waals surface area contributed by atoms with E-state index in [-0.39, 0.29) is 12.2 Å². The zero-order valence-corrected chi connectivity index (χ0v) is 19.2. The highest BCUT2D eigenvalue weighted by Gasteiger charge is 2.13. The summed E-state index contributed by atoms with van der Waals surface area (Å²) in [5.74, 6) is 8.44. The van der Waals surface area contributed by atoms with Gasteiger partial charge in [0.2, 0.25) is 5.16 Å². The Hall–Kier alpha value is -3.26. The second-order valence-corrected chi connectivity index (χ2v) is 8.79. The molecule has 166 valence electrons. The molecular formula is C24H26N4O3S. The lowest BCUT2D eigenvalue weighted by Gasteiger charge is -2.09. The van der Waals surface area contributed by atoms with Crippen molar-refractivity contribution < 1.29 is 9.15 Å². The number of thioether (sulfide) groups is 1. The number of benzene rings is 2. The average Bonchev–Trinajstić information content (AvgIpc) is 3.14. The molecule has 7 nitrogen and oxygen atoms in total. The molecule has 0 atom stereocenters. The van der Waals surface area contributed by atoms with Gasteiger partial charge >= 0.3 is 5.63 Å². The molecule has 2 N–H and O–H groups in total. The molecule has 0 aliphatic rings. The summed E-state index contributed by atoms with van der Waals surface area (Å²) >= 11 is 1.41. The number of aryl methyl sites for hydroxylation is 1. The Balaban J connectivity index is 1.44. The number of hydrogen-bond donors (Lipinski definition) is 1. The van der Waals surface area contributed by atoms with Crippen LogP contribution in [-0.4, -0.2) is 14.9 Å². The summed E-state index contributed by atoms with van der Waals surface area (Å²) in [6, 6.07) is 15.5. The van der Waals surface area contributed by atoms with Crippen LogP contribution in [0, 0.1) is 0 Å². The molecule has 0 saturated heterocycles. The second kappa shape index (κ2) is 9.48. The molecule has 0 fully saturated rings. The van der Waals surface area contributed by atoms with Crippen LogP contribution >= 0.6 is 11.8 Å². The Morgan fingerprint density at radius 3 is 2.62 bits per heavy atom. The monoisotopic (exact) mass is 450 g/mol. The van der Waals surface area contributed by atoms with Gasteiger partial charge in [-0.2, -0.15) is 0 Å². The zero-order valence-electron chi connectivity index (χ0n) is 18.4. The third kappa shape index (κ3) is 4.80. The SMILES string of the molecule is CCc1ccc2c(CSc3nnc(COc4ccc(C(C)C)cc4)n3N)cc(=O)oc2c1. The van der Waals surface area contributed by atoms with Crippen molar-refractivity contribution in [1.29, 1.82) is 0 Å². The van der Waals surface area contributed by atoms with Crippen LogP contribution in [0.4, 0.5) is 0 Å². The van der Waals surface area contributed by atoms with Gasteiger partial charge in [-0.1, -0.05) is 56.8 Å². The van der Waals surface area contributed by atoms with Crippen LogP contribution in [0.1, 0.15) is 49.2 Å². The van der Waals surface area contributed by atoms with Crippen LogP contribution in [0.25, 0.3) is 11.0 Å². The highest BCUT2D eigenvalue weighted by atomic mass is 32.2. The minimum Gasteiger partial charge on any atom is -0.486 e. The van der Waals surface area contributed by atoms with E-state index in [1.807, 2.05) is 30.3 Å². The Bertz CT molecular complexity index is 1280. The van der Waals surface area contributed by atoms with E-state index in [4.69, 9.17) is 15.0 Å². The molecule has 2 heterocycles. The van der Waals surface area contributed by atoms with E-state index in [2.05, 4.69) is 43.1 Å². The second-order valence-electron chi connectivity index (χ2n) is 7.84. The third-order valence-corrected chi connectivity index (χ3v) is 6.30. The van der Waals surface area contributed by atoms with Gasteiger partial charge in [0.15, 0.2) is 5.82 Å². The predicted molar refractivity (Wildman–Crippen MR) is 126 cm³/mol. The fourth-order valence-electron chi connectivity index (χ4n) is 3.36. The predicted octanol–water partition coefficient (Wildman–Crippen LogP) is 4.66. The maximum Gasteiger partial charge on any atom is 0.336 e. The van der Waals surface area contributed by atoms with E-state index < -0.39 is 0 Å². The molecule has 4 aromatic rings. The van der Waals surface area contributed by atoms with Gasteiger partial charge < -0.3 is 15.0 Å². The molecule has 0 aliphatic carbocycles. The number of ether oxygens (including phenoxy) is 1. The smallest absolute Gasteiger partial charge is 0.336 e. The highest BCUT2D eigenvalue weighted by Crippen LogP contribution is 2.26. The molecule has 4 rings (SSSR count). The lowest BCUT2D eigenvalue weighted by molar-refractivity contribution is 0.291. The van der Waals surface area contributed by atoms with Gasteiger partial charge in [-0.25, -0.2) is 9.47 Å². The van der Waals surface area contributed by atoms with Gasteiger partial charge in [0.25, 0.3) is 0 Å². The van der Waals surface area contributed by atoms with Gasteiger partial charge in [-0.3, -0.25) is 0 Å². The van der Waals surface area contributed by atoms with Gasteiger partial charge in [-0.15, -0.1) is 10.2 Å². The van der Waals surface area contributed by atoms with E-state index >= 15 is 0 Å². The maximum atomic E-state index is 12.0. The van der Waals surface area contributed by atoms with E-state index in [9.17, 15) is 4.79 Å². The van der Waals surface area contributed by atoms with Crippen molar-refractivity contribution in [3.63, 3.8) is 0 Å². The first-order valence-electron chi connectivity index (χ1n) is 10.5. The van der Waals surface area contributed by atoms with Crippen LogP contribution in [0.3, 0.4) is 0 Å². The van der Waals surface area contributed by atoms with E-state index in [1.54, 1.807) is 0 Å². The molecule has 32 heavy (non-hydrogen) atoms. The number of rotatable bonds is 8. The number of hydrogen-bond acceptors (Lipinski definition) is 7. The first kappa shape index (κ1) is 22.0. The summed E-state index contributed by atoms with van der Waals surface area (Å²) in [7, 11) is 0. The van der Waals surface area contributed by atoms with Crippen molar-refractivity contribution in [3.05, 3.63) is 81.5 Å². The van der Waals surface area contributed by atoms with E-state index in [0.717, 1.165) is 28.7 Å². The average molecular weight is 451 g/mol. The fourth-order valence-corrected chi connectivity index (χ4v) is 4.22. The summed E-state index contributed by atoms with van der Waals surface area (Å²) in [5.41, 5.74) is 3.48. The lowest BCUT2D eigenvalue weighted by atomic mass is 10.0. The lowest BCUT2D eigenvalue weighted by Crippen LogP contribution is -2.15. The summed E-state index contributed by atoms with van der Waals surface area (Å²) in [4.78, 5) is 12.0. The summed E-state index contributed by atoms with van der Waals surface area (Å²) in [5, 5.41) is 9.79. The number of fused-ring (bicyclic) bond motifs is 1. The van der Waals surface area contributed by atoms with Crippen molar-refractivity contribution in [1.82, 2.24) is 14.9 Å². The molecule has 0 radical (unpaired) electrons. The van der Waals surface area contributed by atoms with Crippen molar-refractivity contribution in [2.24, 2.45) is 0 Å². The number of nitrogens with two attached hydrogens (primary N) is 1. The normalized spacial score (nSPS) is 11.4. The molecular weight excluding hydrogens is 424 g/mol. The van der Waals surface area contributed by atoms with Gasteiger partial charge in [0.05, 0.1) is 0 Å². The van der Waals surface area contributed by atoms with Crippen LogP contribution < -0.4 is 16.2 Å². The first-order valence-corrected chi connectivity index (χ1v) is 11.5. The first-order chi connectivity index (χ1) is 15.4. The van der Waals surface area contributed by atoms with Crippen LogP contribution in [0.5, 0.6) is 5.75 Å². The maximum absolute atomic E-state index is 12.0. The van der Waals surface area contributed by atoms with E-state index in [1.165, 1.54) is 28.1 Å². The van der Waals surface area contributed by atoms with Crippen molar-refractivity contribution in [2.75, 3.05) is 5.84 Å². The molecule has 0 spiro atoms. The van der Waals surface area contributed by atoms with Crippen LogP contribution in [-0.2, 0) is 18.8 Å². The molecule has 0 unspecified atom stereocenters. The molecule has 0 bridgehead atoms. The minimum atomic E-state index is -0.367. The molecule has 8 heteroatoms. The third-order valence-electron chi connectivity index (χ3n) is 5.31. The summed E-state index contributed by atoms with van der Waals surface area (Å²) < 4.78 is 12.6. The standard InChI is InChI=1S/C24H26N4O3S/c1-4-16-5-10-20-18(12-23(29)31-21(20)11-16)14-32-24-27-26-22(28(24)25)13-30-19-8-6-17(7-9-19)15(2)3/h5-12,15H,4,13-14,25H2,1-3H3. The Kier molecular flexibility index (Phi) is 6.50. The molecule has 0 saturated carbocycles. The molecule has 2 aromatic heterocycles. The summed E-state index contributed by atoms with van der Waals surface area (Å²) in [6.45, 7) is 6.58. The van der Waals surface area contributed by atoms with E-state index in [0.29, 0.717) is 28.2 Å². The fraction of sp³-hybridized carbons (Fsp3) is 0.292. The van der Waals surface area contributed by atoms with Crippen molar-refractivity contribution >= 4 is 22.7 Å². The Morgan fingerprint density at radius 1 is 1.12 bits per heavy atom.